The maximum atomic E-state index is 12.0. The van der Waals surface area contributed by atoms with E-state index in [1.165, 1.54) is 11.1 Å². The van der Waals surface area contributed by atoms with E-state index in [9.17, 15) is 4.79 Å². The summed E-state index contributed by atoms with van der Waals surface area (Å²) in [5.41, 5.74) is 2.53. The molecular formula is C20H26NO2+. The Morgan fingerprint density at radius 1 is 1.04 bits per heavy atom. The maximum absolute atomic E-state index is 12.0. The molecule has 23 heavy (non-hydrogen) atoms. The molecule has 0 N–H and O–H groups in total. The number of hydrogen-bond acceptors (Lipinski definition) is 2. The molecule has 1 aromatic heterocycles. The molecule has 0 saturated heterocycles. The molecule has 0 radical (unpaired) electrons. The number of nitrogens with zero attached hydrogens (tertiary/aromatic N) is 1. The van der Waals surface area contributed by atoms with Gasteiger partial charge in [-0.2, -0.15) is 4.57 Å². The van der Waals surface area contributed by atoms with Gasteiger partial charge in [0, 0.05) is 12.1 Å². The molecule has 1 unspecified atom stereocenters. The second-order valence-corrected chi connectivity index (χ2v) is 6.48. The Kier molecular flexibility index (Phi) is 6.33. The molecule has 0 aliphatic heterocycles. The zero-order chi connectivity index (χ0) is 16.7. The van der Waals surface area contributed by atoms with Crippen molar-refractivity contribution in [1.82, 2.24) is 0 Å². The summed E-state index contributed by atoms with van der Waals surface area (Å²) in [4.78, 5) is 12.0. The van der Waals surface area contributed by atoms with Crippen LogP contribution in [0.3, 0.4) is 0 Å². The summed E-state index contributed by atoms with van der Waals surface area (Å²) in [6.07, 6.45) is 5.25. The van der Waals surface area contributed by atoms with Gasteiger partial charge in [-0.15, -0.1) is 0 Å². The second-order valence-electron chi connectivity index (χ2n) is 6.48. The van der Waals surface area contributed by atoms with E-state index in [1.54, 1.807) is 0 Å². The van der Waals surface area contributed by atoms with Crippen LogP contribution in [0.15, 0.2) is 54.9 Å². The zero-order valence-electron chi connectivity index (χ0n) is 14.2. The van der Waals surface area contributed by atoms with Crippen molar-refractivity contribution in [3.05, 3.63) is 66.0 Å². The fourth-order valence-electron chi connectivity index (χ4n) is 2.55. The summed E-state index contributed by atoms with van der Waals surface area (Å²) < 4.78 is 7.16. The monoisotopic (exact) mass is 312 g/mol. The molecule has 0 fully saturated rings. The van der Waals surface area contributed by atoms with Crippen LogP contribution in [0.2, 0.25) is 0 Å². The summed E-state index contributed by atoms with van der Waals surface area (Å²) in [6, 6.07) is 14.3. The van der Waals surface area contributed by atoms with Gasteiger partial charge >= 0.3 is 5.97 Å². The van der Waals surface area contributed by atoms with Crippen molar-refractivity contribution in [1.29, 1.82) is 0 Å². The third kappa shape index (κ3) is 5.85. The van der Waals surface area contributed by atoms with Gasteiger partial charge in [-0.3, -0.25) is 4.79 Å². The SMILES string of the molecule is CC(C)Cc1ccc(C(C)CC(=O)OC[n+]2ccccc2)cc1. The van der Waals surface area contributed by atoms with Crippen LogP contribution in [-0.2, 0) is 22.7 Å². The van der Waals surface area contributed by atoms with E-state index in [0.29, 0.717) is 12.3 Å². The van der Waals surface area contributed by atoms with Gasteiger partial charge in [-0.1, -0.05) is 51.1 Å². The highest BCUT2D eigenvalue weighted by Gasteiger charge is 2.14. The number of rotatable bonds is 7. The third-order valence-electron chi connectivity index (χ3n) is 3.82. The number of benzene rings is 1. The molecule has 1 aromatic carbocycles. The molecule has 0 saturated carbocycles. The first-order valence-electron chi connectivity index (χ1n) is 8.23. The van der Waals surface area contributed by atoms with Crippen LogP contribution in [-0.4, -0.2) is 5.97 Å². The van der Waals surface area contributed by atoms with Gasteiger partial charge in [-0.25, -0.2) is 0 Å². The van der Waals surface area contributed by atoms with Crippen molar-refractivity contribution in [3.8, 4) is 0 Å². The number of aromatic nitrogens is 1. The zero-order valence-corrected chi connectivity index (χ0v) is 14.2. The minimum Gasteiger partial charge on any atom is -0.405 e. The second kappa shape index (κ2) is 8.47. The van der Waals surface area contributed by atoms with Crippen molar-refractivity contribution in [2.75, 3.05) is 0 Å². The Balaban J connectivity index is 1.83. The van der Waals surface area contributed by atoms with E-state index >= 15 is 0 Å². The Hall–Kier alpha value is -2.16. The van der Waals surface area contributed by atoms with E-state index in [4.69, 9.17) is 4.74 Å². The molecule has 3 nitrogen and oxygen atoms in total. The maximum Gasteiger partial charge on any atom is 0.311 e. The first-order chi connectivity index (χ1) is 11.0. The fourth-order valence-corrected chi connectivity index (χ4v) is 2.55. The van der Waals surface area contributed by atoms with Crippen molar-refractivity contribution in [2.24, 2.45) is 5.92 Å². The van der Waals surface area contributed by atoms with Crippen molar-refractivity contribution < 1.29 is 14.1 Å². The predicted molar refractivity (Wildman–Crippen MR) is 90.7 cm³/mol. The predicted octanol–water partition coefficient (Wildman–Crippen LogP) is 3.87. The molecule has 3 heteroatoms. The average Bonchev–Trinajstić information content (AvgIpc) is 2.54. The average molecular weight is 312 g/mol. The number of hydrogen-bond donors (Lipinski definition) is 0. The van der Waals surface area contributed by atoms with E-state index in [-0.39, 0.29) is 18.6 Å². The highest BCUT2D eigenvalue weighted by atomic mass is 16.5. The summed E-state index contributed by atoms with van der Waals surface area (Å²) in [7, 11) is 0. The Bertz CT molecular complexity index is 605. The Morgan fingerprint density at radius 3 is 2.30 bits per heavy atom. The van der Waals surface area contributed by atoms with Gasteiger partial charge < -0.3 is 4.74 Å². The molecule has 1 atom stereocenters. The number of pyridine rings is 1. The molecule has 2 aromatic rings. The normalized spacial score (nSPS) is 12.2. The largest absolute Gasteiger partial charge is 0.405 e. The van der Waals surface area contributed by atoms with Crippen LogP contribution in [0.25, 0.3) is 0 Å². The minimum atomic E-state index is -0.167. The summed E-state index contributed by atoms with van der Waals surface area (Å²) in [5, 5.41) is 0. The van der Waals surface area contributed by atoms with E-state index in [2.05, 4.69) is 45.0 Å². The van der Waals surface area contributed by atoms with Crippen LogP contribution in [0.1, 0.15) is 44.2 Å². The molecule has 0 aliphatic rings. The number of carbonyl (C=O) groups is 1. The lowest BCUT2D eigenvalue weighted by Gasteiger charge is -2.12. The number of esters is 1. The molecule has 122 valence electrons. The van der Waals surface area contributed by atoms with Crippen LogP contribution >= 0.6 is 0 Å². The van der Waals surface area contributed by atoms with E-state index in [0.717, 1.165) is 6.42 Å². The van der Waals surface area contributed by atoms with Gasteiger partial charge in [0.05, 0.1) is 6.42 Å². The van der Waals surface area contributed by atoms with Gasteiger partial charge in [0.2, 0.25) is 0 Å². The quantitative estimate of drug-likeness (QED) is 0.574. The lowest BCUT2D eigenvalue weighted by molar-refractivity contribution is -0.727. The molecule has 0 amide bonds. The van der Waals surface area contributed by atoms with Gasteiger partial charge in [0.1, 0.15) is 0 Å². The van der Waals surface area contributed by atoms with E-state index in [1.807, 2.05) is 35.2 Å². The fraction of sp³-hybridized carbons (Fsp3) is 0.400. The van der Waals surface area contributed by atoms with Gasteiger partial charge in [-0.05, 0) is 29.4 Å². The van der Waals surface area contributed by atoms with Gasteiger partial charge in [0.15, 0.2) is 12.4 Å². The number of carbonyl (C=O) groups excluding carboxylic acids is 1. The molecule has 2 rings (SSSR count). The molecule has 1 heterocycles. The standard InChI is InChI=1S/C20H26NO2/c1-16(2)13-18-7-9-19(10-8-18)17(3)14-20(22)23-15-21-11-5-4-6-12-21/h4-12,16-17H,13-15H2,1-3H3/q+1. The van der Waals surface area contributed by atoms with Crippen molar-refractivity contribution >= 4 is 5.97 Å². The topological polar surface area (TPSA) is 30.2 Å². The third-order valence-corrected chi connectivity index (χ3v) is 3.82. The first-order valence-corrected chi connectivity index (χ1v) is 8.23. The summed E-state index contributed by atoms with van der Waals surface area (Å²) >= 11 is 0. The van der Waals surface area contributed by atoms with Crippen molar-refractivity contribution in [3.63, 3.8) is 0 Å². The summed E-state index contributed by atoms with van der Waals surface area (Å²) in [6.45, 7) is 6.77. The minimum absolute atomic E-state index is 0.163. The Labute approximate surface area is 138 Å². The molecule has 0 aliphatic carbocycles. The molecular weight excluding hydrogens is 286 g/mol. The van der Waals surface area contributed by atoms with E-state index < -0.39 is 0 Å². The highest BCUT2D eigenvalue weighted by molar-refractivity contribution is 5.70. The van der Waals surface area contributed by atoms with Crippen LogP contribution < -0.4 is 4.57 Å². The van der Waals surface area contributed by atoms with Crippen molar-refractivity contribution in [2.45, 2.75) is 46.3 Å². The lowest BCUT2D eigenvalue weighted by atomic mass is 9.95. The first kappa shape index (κ1) is 17.2. The smallest absolute Gasteiger partial charge is 0.311 e. The van der Waals surface area contributed by atoms with Gasteiger partial charge in [0.25, 0.3) is 6.73 Å². The Morgan fingerprint density at radius 2 is 1.70 bits per heavy atom. The number of ether oxygens (including phenoxy) is 1. The highest BCUT2D eigenvalue weighted by Crippen LogP contribution is 2.21. The van der Waals surface area contributed by atoms with Crippen LogP contribution in [0.5, 0.6) is 0 Å². The van der Waals surface area contributed by atoms with Crippen LogP contribution in [0.4, 0.5) is 0 Å². The summed E-state index contributed by atoms with van der Waals surface area (Å²) in [5.74, 6) is 0.653. The molecule has 0 bridgehead atoms. The van der Waals surface area contributed by atoms with Crippen LogP contribution in [0, 0.1) is 5.92 Å². The molecule has 0 spiro atoms. The lowest BCUT2D eigenvalue weighted by Crippen LogP contribution is -2.35.